The molecule has 1 heterocycles. The van der Waals surface area contributed by atoms with Crippen molar-refractivity contribution in [1.82, 2.24) is 4.98 Å². The van der Waals surface area contributed by atoms with Crippen LogP contribution in [0, 0.1) is 20.8 Å². The molecular weight excluding hydrogens is 244 g/mol. The van der Waals surface area contributed by atoms with Crippen molar-refractivity contribution >= 4 is 17.3 Å². The number of hydrogen-bond acceptors (Lipinski definition) is 2. The summed E-state index contributed by atoms with van der Waals surface area (Å²) in [6, 6.07) is 10.1. The van der Waals surface area contributed by atoms with Crippen molar-refractivity contribution in [3.05, 3.63) is 57.9 Å². The molecule has 2 rings (SSSR count). The molecule has 1 aromatic heterocycles. The van der Waals surface area contributed by atoms with E-state index in [9.17, 15) is 0 Å². The van der Waals surface area contributed by atoms with Crippen LogP contribution in [0.25, 0.3) is 0 Å². The highest BCUT2D eigenvalue weighted by atomic mass is 35.5. The van der Waals surface area contributed by atoms with E-state index in [1.54, 1.807) is 0 Å². The lowest BCUT2D eigenvalue weighted by Gasteiger charge is -2.11. The predicted octanol–water partition coefficient (Wildman–Crippen LogP) is 4.27. The fourth-order valence-electron chi connectivity index (χ4n) is 1.92. The van der Waals surface area contributed by atoms with E-state index in [4.69, 9.17) is 11.6 Å². The Balaban J connectivity index is 2.11. The van der Waals surface area contributed by atoms with Gasteiger partial charge in [0.05, 0.1) is 11.4 Å². The van der Waals surface area contributed by atoms with Gasteiger partial charge in [0.15, 0.2) is 0 Å². The quantitative estimate of drug-likeness (QED) is 0.891. The largest absolute Gasteiger partial charge is 0.379 e. The van der Waals surface area contributed by atoms with Crippen molar-refractivity contribution in [2.24, 2.45) is 0 Å². The molecule has 0 spiro atoms. The molecule has 0 radical (unpaired) electrons. The van der Waals surface area contributed by atoms with E-state index >= 15 is 0 Å². The van der Waals surface area contributed by atoms with Gasteiger partial charge in [-0.2, -0.15) is 0 Å². The van der Waals surface area contributed by atoms with Gasteiger partial charge in [-0.15, -0.1) is 0 Å². The maximum atomic E-state index is 5.95. The summed E-state index contributed by atoms with van der Waals surface area (Å²) in [5, 5.41) is 4.19. The van der Waals surface area contributed by atoms with Crippen LogP contribution in [0.1, 0.15) is 22.5 Å². The van der Waals surface area contributed by atoms with Gasteiger partial charge in [0.1, 0.15) is 0 Å². The fraction of sp³-hybridized carbons (Fsp3) is 0.267. The molecule has 0 aliphatic rings. The van der Waals surface area contributed by atoms with Crippen LogP contribution in [0.3, 0.4) is 0 Å². The van der Waals surface area contributed by atoms with Crippen LogP contribution >= 0.6 is 11.6 Å². The molecule has 0 bridgehead atoms. The Morgan fingerprint density at radius 2 is 1.89 bits per heavy atom. The normalized spacial score (nSPS) is 10.4. The molecule has 0 aliphatic carbocycles. The molecule has 0 saturated heterocycles. The predicted molar refractivity (Wildman–Crippen MR) is 77.2 cm³/mol. The Labute approximate surface area is 113 Å². The van der Waals surface area contributed by atoms with Crippen LogP contribution in [0.2, 0.25) is 5.02 Å². The number of anilines is 1. The van der Waals surface area contributed by atoms with Gasteiger partial charge >= 0.3 is 0 Å². The molecule has 0 aliphatic heterocycles. The lowest BCUT2D eigenvalue weighted by molar-refractivity contribution is 1.07. The van der Waals surface area contributed by atoms with Crippen LogP contribution in [-0.4, -0.2) is 4.98 Å². The van der Waals surface area contributed by atoms with E-state index in [2.05, 4.69) is 29.4 Å². The molecule has 1 aromatic carbocycles. The van der Waals surface area contributed by atoms with Crippen molar-refractivity contribution in [2.75, 3.05) is 5.32 Å². The molecule has 3 heteroatoms. The molecule has 18 heavy (non-hydrogen) atoms. The molecule has 0 unspecified atom stereocenters. The van der Waals surface area contributed by atoms with E-state index in [1.807, 2.05) is 32.0 Å². The molecular formula is C15H17ClN2. The van der Waals surface area contributed by atoms with Gasteiger partial charge in [-0.05, 0) is 56.2 Å². The van der Waals surface area contributed by atoms with E-state index < -0.39 is 0 Å². The highest BCUT2D eigenvalue weighted by Gasteiger charge is 2.02. The number of nitrogens with one attached hydrogen (secondary N) is 1. The zero-order valence-corrected chi connectivity index (χ0v) is 11.7. The lowest BCUT2D eigenvalue weighted by Crippen LogP contribution is -2.04. The summed E-state index contributed by atoms with van der Waals surface area (Å²) < 4.78 is 0. The van der Waals surface area contributed by atoms with Gasteiger partial charge in [0.2, 0.25) is 0 Å². The minimum Gasteiger partial charge on any atom is -0.379 e. The summed E-state index contributed by atoms with van der Waals surface area (Å²) >= 11 is 5.95. The monoisotopic (exact) mass is 260 g/mol. The molecule has 2 nitrogen and oxygen atoms in total. The fourth-order valence-corrected chi connectivity index (χ4v) is 2.15. The number of pyridine rings is 1. The molecule has 0 amide bonds. The van der Waals surface area contributed by atoms with Gasteiger partial charge in [0.25, 0.3) is 0 Å². The zero-order valence-electron chi connectivity index (χ0n) is 10.9. The minimum atomic E-state index is 0.782. The third-order valence-corrected chi connectivity index (χ3v) is 3.23. The van der Waals surface area contributed by atoms with Gasteiger partial charge in [0, 0.05) is 17.3 Å². The van der Waals surface area contributed by atoms with Crippen LogP contribution in [0.5, 0.6) is 0 Å². The lowest BCUT2D eigenvalue weighted by atomic mass is 10.1. The van der Waals surface area contributed by atoms with Crippen molar-refractivity contribution in [3.8, 4) is 0 Å². The van der Waals surface area contributed by atoms with E-state index in [0.717, 1.165) is 28.6 Å². The van der Waals surface area contributed by atoms with E-state index in [0.29, 0.717) is 0 Å². The molecule has 94 valence electrons. The van der Waals surface area contributed by atoms with Gasteiger partial charge in [-0.25, -0.2) is 0 Å². The zero-order chi connectivity index (χ0) is 13.1. The summed E-state index contributed by atoms with van der Waals surface area (Å²) in [5.74, 6) is 0. The number of rotatable bonds is 3. The number of nitrogens with zero attached hydrogens (tertiary/aromatic N) is 1. The Hall–Kier alpha value is -1.54. The van der Waals surface area contributed by atoms with Gasteiger partial charge in [-0.1, -0.05) is 17.7 Å². The summed E-state index contributed by atoms with van der Waals surface area (Å²) in [4.78, 5) is 4.44. The SMILES string of the molecule is Cc1ccc(NCc2ccc(Cl)cc2C)c(C)n1. The number of hydrogen-bond donors (Lipinski definition) is 1. The Morgan fingerprint density at radius 3 is 2.56 bits per heavy atom. The first kappa shape index (κ1) is 12.9. The van der Waals surface area contributed by atoms with Crippen LogP contribution in [0.15, 0.2) is 30.3 Å². The Bertz CT molecular complexity index is 513. The second-order valence-electron chi connectivity index (χ2n) is 4.51. The number of aromatic nitrogens is 1. The first-order valence-electron chi connectivity index (χ1n) is 5.99. The standard InChI is InChI=1S/C15H17ClN2/c1-10-8-14(16)6-5-13(10)9-17-15-7-4-11(2)18-12(15)3/h4-8,17H,9H2,1-3H3. The number of benzene rings is 1. The molecule has 1 N–H and O–H groups in total. The number of halogens is 1. The van der Waals surface area contributed by atoms with Crippen molar-refractivity contribution in [1.29, 1.82) is 0 Å². The second kappa shape index (κ2) is 5.40. The summed E-state index contributed by atoms with van der Waals surface area (Å²) in [7, 11) is 0. The van der Waals surface area contributed by atoms with Crippen LogP contribution in [0.4, 0.5) is 5.69 Å². The van der Waals surface area contributed by atoms with Crippen molar-refractivity contribution in [2.45, 2.75) is 27.3 Å². The maximum absolute atomic E-state index is 5.95. The first-order chi connectivity index (χ1) is 8.56. The number of aryl methyl sites for hydroxylation is 3. The highest BCUT2D eigenvalue weighted by Crippen LogP contribution is 2.18. The topological polar surface area (TPSA) is 24.9 Å². The maximum Gasteiger partial charge on any atom is 0.0606 e. The van der Waals surface area contributed by atoms with Crippen LogP contribution in [-0.2, 0) is 6.54 Å². The van der Waals surface area contributed by atoms with Gasteiger partial charge in [-0.3, -0.25) is 4.98 Å². The Morgan fingerprint density at radius 1 is 1.11 bits per heavy atom. The summed E-state index contributed by atoms with van der Waals surface area (Å²) in [6.07, 6.45) is 0. The first-order valence-corrected chi connectivity index (χ1v) is 6.37. The third-order valence-electron chi connectivity index (χ3n) is 3.00. The third kappa shape index (κ3) is 3.02. The minimum absolute atomic E-state index is 0.782. The van der Waals surface area contributed by atoms with Crippen LogP contribution < -0.4 is 5.32 Å². The average Bonchev–Trinajstić information content (AvgIpc) is 2.30. The summed E-state index contributed by atoms with van der Waals surface area (Å²) in [6.45, 7) is 6.88. The summed E-state index contributed by atoms with van der Waals surface area (Å²) in [5.41, 5.74) is 5.60. The van der Waals surface area contributed by atoms with Crippen molar-refractivity contribution in [3.63, 3.8) is 0 Å². The molecule has 0 atom stereocenters. The molecule has 0 saturated carbocycles. The average molecular weight is 261 g/mol. The molecule has 0 fully saturated rings. The Kier molecular flexibility index (Phi) is 3.87. The smallest absolute Gasteiger partial charge is 0.0606 e. The van der Waals surface area contributed by atoms with E-state index in [1.165, 1.54) is 11.1 Å². The highest BCUT2D eigenvalue weighted by molar-refractivity contribution is 6.30. The van der Waals surface area contributed by atoms with Gasteiger partial charge < -0.3 is 5.32 Å². The van der Waals surface area contributed by atoms with Crippen molar-refractivity contribution < 1.29 is 0 Å². The van der Waals surface area contributed by atoms with E-state index in [-0.39, 0.29) is 0 Å². The second-order valence-corrected chi connectivity index (χ2v) is 4.95. The molecule has 2 aromatic rings.